The van der Waals surface area contributed by atoms with Crippen LogP contribution in [-0.4, -0.2) is 31.1 Å². The van der Waals surface area contributed by atoms with Crippen molar-refractivity contribution >= 4 is 23.5 Å². The third-order valence-electron chi connectivity index (χ3n) is 4.83. The van der Waals surface area contributed by atoms with Gasteiger partial charge in [0, 0.05) is 17.6 Å². The Balaban J connectivity index is 1.37. The molecule has 1 aromatic carbocycles. The van der Waals surface area contributed by atoms with Crippen molar-refractivity contribution in [3.63, 3.8) is 0 Å². The summed E-state index contributed by atoms with van der Waals surface area (Å²) in [5, 5.41) is 3.73. The maximum absolute atomic E-state index is 5.57. The molecule has 2 heterocycles. The van der Waals surface area contributed by atoms with Crippen LogP contribution >= 0.6 is 23.5 Å². The Bertz CT molecular complexity index is 526. The maximum Gasteiger partial charge on any atom is 0.102 e. The van der Waals surface area contributed by atoms with Crippen LogP contribution in [0.15, 0.2) is 35.4 Å². The molecule has 0 amide bonds. The van der Waals surface area contributed by atoms with Gasteiger partial charge in [-0.3, -0.25) is 0 Å². The van der Waals surface area contributed by atoms with Gasteiger partial charge in [0.25, 0.3) is 0 Å². The lowest BCUT2D eigenvalue weighted by molar-refractivity contribution is 0.225. The molecular weight excluding hydrogens is 338 g/mol. The monoisotopic (exact) mass is 365 g/mol. The van der Waals surface area contributed by atoms with Crippen molar-refractivity contribution < 1.29 is 0 Å². The number of likely N-dealkylation sites (tertiary alicyclic amines) is 1. The van der Waals surface area contributed by atoms with E-state index in [1.807, 2.05) is 11.8 Å². The number of rotatable bonds is 8. The average Bonchev–Trinajstić information content (AvgIpc) is 3.09. The molecule has 2 aliphatic heterocycles. The number of benzene rings is 1. The molecule has 24 heavy (non-hydrogen) atoms. The SMILES string of the molecule is ClNCC1=CNC(c2ccc(CCCCN3CCCCC3)cc2)S1. The van der Waals surface area contributed by atoms with Gasteiger partial charge in [0.1, 0.15) is 5.37 Å². The van der Waals surface area contributed by atoms with Crippen LogP contribution in [0.4, 0.5) is 0 Å². The van der Waals surface area contributed by atoms with Crippen LogP contribution in [0, 0.1) is 0 Å². The normalized spacial score (nSPS) is 21.5. The molecule has 0 bridgehead atoms. The zero-order valence-electron chi connectivity index (χ0n) is 14.3. The van der Waals surface area contributed by atoms with Crippen LogP contribution in [0.1, 0.15) is 48.6 Å². The molecular formula is C19H28ClN3S. The summed E-state index contributed by atoms with van der Waals surface area (Å²) in [5.41, 5.74) is 2.79. The first-order chi connectivity index (χ1) is 11.8. The number of nitrogens with one attached hydrogen (secondary N) is 2. The van der Waals surface area contributed by atoms with Gasteiger partial charge in [-0.25, -0.2) is 4.84 Å². The van der Waals surface area contributed by atoms with Gasteiger partial charge in [-0.1, -0.05) is 42.4 Å². The molecule has 1 fully saturated rings. The topological polar surface area (TPSA) is 27.3 Å². The molecule has 3 nitrogen and oxygen atoms in total. The molecule has 2 N–H and O–H groups in total. The highest BCUT2D eigenvalue weighted by Gasteiger charge is 2.18. The Morgan fingerprint density at radius 1 is 1.12 bits per heavy atom. The fraction of sp³-hybridized carbons (Fsp3) is 0.579. The van der Waals surface area contributed by atoms with E-state index in [1.165, 1.54) is 74.2 Å². The quantitative estimate of drug-likeness (QED) is 0.527. The molecule has 0 saturated carbocycles. The second-order valence-corrected chi connectivity index (χ2v) is 8.19. The van der Waals surface area contributed by atoms with Crippen LogP contribution in [0.5, 0.6) is 0 Å². The minimum absolute atomic E-state index is 0.318. The second-order valence-electron chi connectivity index (χ2n) is 6.69. The Labute approximate surface area is 155 Å². The van der Waals surface area contributed by atoms with E-state index in [2.05, 4.69) is 45.5 Å². The first-order valence-corrected chi connectivity index (χ1v) is 10.4. The van der Waals surface area contributed by atoms with Crippen molar-refractivity contribution in [1.82, 2.24) is 15.1 Å². The van der Waals surface area contributed by atoms with Gasteiger partial charge in [0.15, 0.2) is 0 Å². The van der Waals surface area contributed by atoms with Gasteiger partial charge in [-0.15, -0.1) is 0 Å². The smallest absolute Gasteiger partial charge is 0.102 e. The third-order valence-corrected chi connectivity index (χ3v) is 6.17. The van der Waals surface area contributed by atoms with Crippen LogP contribution in [-0.2, 0) is 6.42 Å². The van der Waals surface area contributed by atoms with Gasteiger partial charge in [0.05, 0.1) is 0 Å². The fourth-order valence-electron chi connectivity index (χ4n) is 3.42. The molecule has 5 heteroatoms. The minimum atomic E-state index is 0.318. The van der Waals surface area contributed by atoms with Crippen LogP contribution in [0.2, 0.25) is 0 Å². The van der Waals surface area contributed by atoms with Crippen LogP contribution in [0.3, 0.4) is 0 Å². The Morgan fingerprint density at radius 2 is 1.92 bits per heavy atom. The number of unbranched alkanes of at least 4 members (excludes halogenated alkanes) is 1. The van der Waals surface area contributed by atoms with E-state index >= 15 is 0 Å². The van der Waals surface area contributed by atoms with Crippen molar-refractivity contribution in [2.75, 3.05) is 26.2 Å². The van der Waals surface area contributed by atoms with Gasteiger partial charge in [-0.2, -0.15) is 0 Å². The van der Waals surface area contributed by atoms with E-state index in [9.17, 15) is 0 Å². The summed E-state index contributed by atoms with van der Waals surface area (Å²) in [7, 11) is 0. The lowest BCUT2D eigenvalue weighted by Crippen LogP contribution is -2.30. The molecule has 1 aromatic rings. The summed E-state index contributed by atoms with van der Waals surface area (Å²) < 4.78 is 0. The summed E-state index contributed by atoms with van der Waals surface area (Å²) in [5.74, 6) is 0. The van der Waals surface area contributed by atoms with Crippen molar-refractivity contribution in [1.29, 1.82) is 0 Å². The summed E-state index contributed by atoms with van der Waals surface area (Å²) in [4.78, 5) is 6.56. The zero-order chi connectivity index (χ0) is 16.6. The molecule has 0 aromatic heterocycles. The first kappa shape index (κ1) is 18.1. The predicted octanol–water partition coefficient (Wildman–Crippen LogP) is 4.42. The number of hydrogen-bond donors (Lipinski definition) is 2. The summed E-state index contributed by atoms with van der Waals surface area (Å²) in [6.07, 6.45) is 10.1. The summed E-state index contributed by atoms with van der Waals surface area (Å²) >= 11 is 7.40. The van der Waals surface area contributed by atoms with Gasteiger partial charge in [0.2, 0.25) is 0 Å². The highest BCUT2D eigenvalue weighted by Crippen LogP contribution is 2.36. The lowest BCUT2D eigenvalue weighted by Gasteiger charge is -2.26. The van der Waals surface area contributed by atoms with Crippen LogP contribution < -0.4 is 10.2 Å². The number of nitrogens with zero attached hydrogens (tertiary/aromatic N) is 1. The van der Waals surface area contributed by atoms with E-state index in [0.717, 1.165) is 0 Å². The second kappa shape index (κ2) is 9.71. The standard InChI is InChI=1S/C19H28ClN3S/c20-22-15-18-14-21-19(24-18)17-9-7-16(8-10-17)6-2-5-13-23-11-3-1-4-12-23/h7-10,14,19,21-22H,1-6,11-13,15H2. The Kier molecular flexibility index (Phi) is 7.33. The van der Waals surface area contributed by atoms with Crippen molar-refractivity contribution in [3.8, 4) is 0 Å². The predicted molar refractivity (Wildman–Crippen MR) is 105 cm³/mol. The number of piperidine rings is 1. The van der Waals surface area contributed by atoms with Gasteiger partial charge < -0.3 is 10.2 Å². The van der Waals surface area contributed by atoms with Crippen molar-refractivity contribution in [2.45, 2.75) is 43.9 Å². The molecule has 1 saturated heterocycles. The fourth-order valence-corrected chi connectivity index (χ4v) is 4.66. The summed E-state index contributed by atoms with van der Waals surface area (Å²) in [6.45, 7) is 4.63. The molecule has 0 spiro atoms. The first-order valence-electron chi connectivity index (χ1n) is 9.11. The maximum atomic E-state index is 5.57. The Morgan fingerprint density at radius 3 is 2.67 bits per heavy atom. The Hall–Kier alpha value is -0.680. The molecule has 3 rings (SSSR count). The lowest BCUT2D eigenvalue weighted by atomic mass is 10.1. The number of aryl methyl sites for hydroxylation is 1. The van der Waals surface area contributed by atoms with Crippen molar-refractivity contribution in [3.05, 3.63) is 46.5 Å². The summed E-state index contributed by atoms with van der Waals surface area (Å²) in [6, 6.07) is 9.09. The van der Waals surface area contributed by atoms with Gasteiger partial charge >= 0.3 is 0 Å². The largest absolute Gasteiger partial charge is 0.375 e. The molecule has 1 unspecified atom stereocenters. The van der Waals surface area contributed by atoms with E-state index in [-0.39, 0.29) is 0 Å². The number of hydrogen-bond acceptors (Lipinski definition) is 4. The average molecular weight is 366 g/mol. The molecule has 2 aliphatic rings. The van der Waals surface area contributed by atoms with E-state index in [0.29, 0.717) is 11.9 Å². The van der Waals surface area contributed by atoms with E-state index < -0.39 is 0 Å². The highest BCUT2D eigenvalue weighted by atomic mass is 35.5. The van der Waals surface area contributed by atoms with Crippen molar-refractivity contribution in [2.24, 2.45) is 0 Å². The highest BCUT2D eigenvalue weighted by molar-refractivity contribution is 8.03. The zero-order valence-corrected chi connectivity index (χ0v) is 15.8. The van der Waals surface area contributed by atoms with Crippen LogP contribution in [0.25, 0.3) is 0 Å². The molecule has 0 aliphatic carbocycles. The number of halogens is 1. The molecule has 132 valence electrons. The van der Waals surface area contributed by atoms with E-state index in [4.69, 9.17) is 11.8 Å². The number of thioether (sulfide) groups is 1. The molecule has 1 atom stereocenters. The third kappa shape index (κ3) is 5.41. The van der Waals surface area contributed by atoms with E-state index in [1.54, 1.807) is 0 Å². The van der Waals surface area contributed by atoms with Gasteiger partial charge in [-0.05, 0) is 74.6 Å². The minimum Gasteiger partial charge on any atom is -0.375 e. The molecule has 0 radical (unpaired) electrons.